The monoisotopic (exact) mass is 195 g/mol. The Morgan fingerprint density at radius 2 is 1.64 bits per heavy atom. The summed E-state index contributed by atoms with van der Waals surface area (Å²) in [6, 6.07) is 0. The first kappa shape index (κ1) is 10.2. The Balaban J connectivity index is 2.12. The molecule has 0 saturated heterocycles. The van der Waals surface area contributed by atoms with E-state index < -0.39 is 0 Å². The van der Waals surface area contributed by atoms with E-state index in [4.69, 9.17) is 5.73 Å². The van der Waals surface area contributed by atoms with Gasteiger partial charge in [-0.25, -0.2) is 0 Å². The smallest absolute Gasteiger partial charge is 0.138 e. The van der Waals surface area contributed by atoms with Gasteiger partial charge in [-0.05, 0) is 50.5 Å². The van der Waals surface area contributed by atoms with Crippen molar-refractivity contribution < 1.29 is 4.79 Å². The van der Waals surface area contributed by atoms with Crippen LogP contribution in [0.25, 0.3) is 0 Å². The van der Waals surface area contributed by atoms with Crippen molar-refractivity contribution in [1.29, 1.82) is 0 Å². The minimum absolute atomic E-state index is 0.0751. The van der Waals surface area contributed by atoms with Gasteiger partial charge in [0.2, 0.25) is 0 Å². The molecule has 0 aromatic heterocycles. The maximum atomic E-state index is 11.9. The van der Waals surface area contributed by atoms with Gasteiger partial charge in [0, 0.05) is 11.8 Å². The van der Waals surface area contributed by atoms with Gasteiger partial charge in [0.1, 0.15) is 5.78 Å². The number of nitrogens with two attached hydrogens (primary N) is 1. The SMILES string of the molecule is CCC(=O)C12CCC(CN)(CC1)CC2. The molecule has 2 bridgehead atoms. The van der Waals surface area contributed by atoms with Crippen LogP contribution in [-0.4, -0.2) is 12.3 Å². The summed E-state index contributed by atoms with van der Waals surface area (Å²) in [6.07, 6.45) is 7.61. The molecule has 0 aromatic carbocycles. The van der Waals surface area contributed by atoms with Crippen LogP contribution < -0.4 is 5.73 Å². The van der Waals surface area contributed by atoms with Crippen molar-refractivity contribution in [1.82, 2.24) is 0 Å². The fourth-order valence-electron chi connectivity index (χ4n) is 3.36. The first-order valence-corrected chi connectivity index (χ1v) is 5.90. The van der Waals surface area contributed by atoms with E-state index in [-0.39, 0.29) is 5.41 Å². The molecule has 0 aliphatic heterocycles. The maximum Gasteiger partial charge on any atom is 0.138 e. The Kier molecular flexibility index (Phi) is 2.42. The van der Waals surface area contributed by atoms with Crippen molar-refractivity contribution in [2.24, 2.45) is 16.6 Å². The van der Waals surface area contributed by atoms with E-state index >= 15 is 0 Å². The summed E-state index contributed by atoms with van der Waals surface area (Å²) < 4.78 is 0. The van der Waals surface area contributed by atoms with E-state index in [1.807, 2.05) is 6.92 Å². The highest BCUT2D eigenvalue weighted by Crippen LogP contribution is 2.56. The van der Waals surface area contributed by atoms with Crippen molar-refractivity contribution in [3.8, 4) is 0 Å². The minimum Gasteiger partial charge on any atom is -0.330 e. The molecular formula is C12H21NO. The molecule has 0 radical (unpaired) electrons. The van der Waals surface area contributed by atoms with Gasteiger partial charge in [0.25, 0.3) is 0 Å². The second-order valence-corrected chi connectivity index (χ2v) is 5.26. The normalized spacial score (nSPS) is 41.3. The molecule has 14 heavy (non-hydrogen) atoms. The highest BCUT2D eigenvalue weighted by molar-refractivity contribution is 5.84. The lowest BCUT2D eigenvalue weighted by atomic mass is 9.52. The first-order valence-electron chi connectivity index (χ1n) is 5.90. The van der Waals surface area contributed by atoms with Gasteiger partial charge in [-0.2, -0.15) is 0 Å². The van der Waals surface area contributed by atoms with Crippen molar-refractivity contribution in [3.63, 3.8) is 0 Å². The summed E-state index contributed by atoms with van der Waals surface area (Å²) in [5, 5.41) is 0. The molecule has 2 heteroatoms. The van der Waals surface area contributed by atoms with Gasteiger partial charge in [-0.15, -0.1) is 0 Å². The summed E-state index contributed by atoms with van der Waals surface area (Å²) in [7, 11) is 0. The molecule has 0 atom stereocenters. The number of rotatable bonds is 3. The number of Topliss-reactive ketones (excluding diaryl/α,β-unsaturated/α-hetero) is 1. The topological polar surface area (TPSA) is 43.1 Å². The Morgan fingerprint density at radius 1 is 1.14 bits per heavy atom. The molecule has 3 aliphatic carbocycles. The zero-order chi connectivity index (χ0) is 10.2. The molecule has 3 rings (SSSR count). The Labute approximate surface area is 86.2 Å². The zero-order valence-corrected chi connectivity index (χ0v) is 9.14. The molecule has 2 N–H and O–H groups in total. The van der Waals surface area contributed by atoms with E-state index in [2.05, 4.69) is 0 Å². The van der Waals surface area contributed by atoms with Crippen LogP contribution in [0, 0.1) is 10.8 Å². The molecule has 0 aromatic rings. The average Bonchev–Trinajstić information content (AvgIpc) is 2.30. The second kappa shape index (κ2) is 3.34. The zero-order valence-electron chi connectivity index (χ0n) is 9.14. The summed E-state index contributed by atoms with van der Waals surface area (Å²) in [5.41, 5.74) is 6.33. The number of fused-ring (bicyclic) bond motifs is 3. The Hall–Kier alpha value is -0.370. The van der Waals surface area contributed by atoms with E-state index in [1.165, 1.54) is 19.3 Å². The van der Waals surface area contributed by atoms with Gasteiger partial charge >= 0.3 is 0 Å². The fraction of sp³-hybridized carbons (Fsp3) is 0.917. The minimum atomic E-state index is 0.0751. The largest absolute Gasteiger partial charge is 0.330 e. The highest BCUT2D eigenvalue weighted by atomic mass is 16.1. The second-order valence-electron chi connectivity index (χ2n) is 5.26. The molecule has 3 aliphatic rings. The number of hydrogen-bond acceptors (Lipinski definition) is 2. The third kappa shape index (κ3) is 1.31. The van der Waals surface area contributed by atoms with Crippen molar-refractivity contribution in [2.75, 3.05) is 6.54 Å². The third-order valence-electron chi connectivity index (χ3n) is 4.75. The quantitative estimate of drug-likeness (QED) is 0.750. The van der Waals surface area contributed by atoms with Crippen molar-refractivity contribution >= 4 is 5.78 Å². The van der Waals surface area contributed by atoms with Gasteiger partial charge in [0.15, 0.2) is 0 Å². The molecule has 0 amide bonds. The molecule has 3 saturated carbocycles. The molecular weight excluding hydrogens is 174 g/mol. The van der Waals surface area contributed by atoms with Crippen LogP contribution in [0.4, 0.5) is 0 Å². The summed E-state index contributed by atoms with van der Waals surface area (Å²) in [4.78, 5) is 11.9. The van der Waals surface area contributed by atoms with Crippen LogP contribution in [0.1, 0.15) is 51.9 Å². The Bertz CT molecular complexity index is 222. The van der Waals surface area contributed by atoms with Crippen LogP contribution in [0.5, 0.6) is 0 Å². The number of ketones is 1. The molecule has 0 spiro atoms. The Morgan fingerprint density at radius 3 is 2.00 bits per heavy atom. The van der Waals surface area contributed by atoms with Crippen LogP contribution in [0.15, 0.2) is 0 Å². The standard InChI is InChI=1S/C12H21NO/c1-2-10(14)12-6-3-11(9-13,4-7-12)5-8-12/h2-9,13H2,1H3. The number of carbonyl (C=O) groups excluding carboxylic acids is 1. The van der Waals surface area contributed by atoms with Gasteiger partial charge in [0.05, 0.1) is 0 Å². The molecule has 80 valence electrons. The maximum absolute atomic E-state index is 11.9. The van der Waals surface area contributed by atoms with Crippen LogP contribution >= 0.6 is 0 Å². The van der Waals surface area contributed by atoms with Gasteiger partial charge in [-0.1, -0.05) is 6.92 Å². The molecule has 3 fully saturated rings. The van der Waals surface area contributed by atoms with Crippen LogP contribution in [0.3, 0.4) is 0 Å². The predicted molar refractivity (Wildman–Crippen MR) is 56.9 cm³/mol. The van der Waals surface area contributed by atoms with E-state index in [0.717, 1.165) is 32.2 Å². The lowest BCUT2D eigenvalue weighted by molar-refractivity contribution is -0.137. The molecule has 0 unspecified atom stereocenters. The lowest BCUT2D eigenvalue weighted by Gasteiger charge is -2.52. The van der Waals surface area contributed by atoms with E-state index in [1.54, 1.807) is 0 Å². The molecule has 0 heterocycles. The van der Waals surface area contributed by atoms with Gasteiger partial charge < -0.3 is 5.73 Å². The van der Waals surface area contributed by atoms with Crippen molar-refractivity contribution in [3.05, 3.63) is 0 Å². The first-order chi connectivity index (χ1) is 6.66. The summed E-state index contributed by atoms with van der Waals surface area (Å²) in [6.45, 7) is 2.82. The van der Waals surface area contributed by atoms with E-state index in [0.29, 0.717) is 11.2 Å². The fourth-order valence-corrected chi connectivity index (χ4v) is 3.36. The third-order valence-corrected chi connectivity index (χ3v) is 4.75. The lowest BCUT2D eigenvalue weighted by Crippen LogP contribution is -2.48. The van der Waals surface area contributed by atoms with E-state index in [9.17, 15) is 4.79 Å². The van der Waals surface area contributed by atoms with Gasteiger partial charge in [-0.3, -0.25) is 4.79 Å². The summed E-state index contributed by atoms with van der Waals surface area (Å²) in [5.74, 6) is 0.503. The molecule has 2 nitrogen and oxygen atoms in total. The van der Waals surface area contributed by atoms with Crippen LogP contribution in [-0.2, 0) is 4.79 Å². The van der Waals surface area contributed by atoms with Crippen LogP contribution in [0.2, 0.25) is 0 Å². The number of carbonyl (C=O) groups is 1. The van der Waals surface area contributed by atoms with Crippen molar-refractivity contribution in [2.45, 2.75) is 51.9 Å². The predicted octanol–water partition coefficient (Wildman–Crippen LogP) is 2.26. The average molecular weight is 195 g/mol. The summed E-state index contributed by atoms with van der Waals surface area (Å²) >= 11 is 0. The highest BCUT2D eigenvalue weighted by Gasteiger charge is 2.50. The number of hydrogen-bond donors (Lipinski definition) is 1.